The first-order chi connectivity index (χ1) is 11.9. The highest BCUT2D eigenvalue weighted by molar-refractivity contribution is 14.0. The van der Waals surface area contributed by atoms with Gasteiger partial charge < -0.3 is 25.0 Å². The Labute approximate surface area is 171 Å². The molecule has 0 aliphatic carbocycles. The van der Waals surface area contributed by atoms with Gasteiger partial charge in [0.15, 0.2) is 5.96 Å². The van der Waals surface area contributed by atoms with Gasteiger partial charge in [0.05, 0.1) is 19.8 Å². The van der Waals surface area contributed by atoms with E-state index < -0.39 is 0 Å². The Morgan fingerprint density at radius 2 is 1.60 bits per heavy atom. The average Bonchev–Trinajstić information content (AvgIpc) is 3.11. The highest BCUT2D eigenvalue weighted by atomic mass is 127. The Kier molecular flexibility index (Phi) is 18.6. The molecule has 0 aromatic rings. The lowest BCUT2D eigenvalue weighted by Gasteiger charge is -2.15. The van der Waals surface area contributed by atoms with Crippen LogP contribution in [-0.4, -0.2) is 77.1 Å². The Balaban J connectivity index is 0.00000576. The van der Waals surface area contributed by atoms with Crippen molar-refractivity contribution in [3.05, 3.63) is 0 Å². The molecule has 1 aliphatic rings. The third-order valence-electron chi connectivity index (χ3n) is 4.17. The number of halogens is 1. The maximum atomic E-state index is 5.53. The Morgan fingerprint density at radius 3 is 2.28 bits per heavy atom. The summed E-state index contributed by atoms with van der Waals surface area (Å²) in [6, 6.07) is 0. The molecule has 2 N–H and O–H groups in total. The van der Waals surface area contributed by atoms with Crippen LogP contribution in [0.3, 0.4) is 0 Å². The molecular formula is C18H39IN4O2. The second-order valence-corrected chi connectivity index (χ2v) is 6.26. The van der Waals surface area contributed by atoms with E-state index in [0.717, 1.165) is 32.1 Å². The fraction of sp³-hybridized carbons (Fsp3) is 0.944. The minimum Gasteiger partial charge on any atom is -0.379 e. The van der Waals surface area contributed by atoms with Crippen molar-refractivity contribution in [2.45, 2.75) is 45.4 Å². The summed E-state index contributed by atoms with van der Waals surface area (Å²) in [7, 11) is 1.81. The first kappa shape index (κ1) is 24.9. The van der Waals surface area contributed by atoms with Crippen LogP contribution in [0, 0.1) is 0 Å². The molecule has 0 aromatic carbocycles. The largest absolute Gasteiger partial charge is 0.379 e. The summed E-state index contributed by atoms with van der Waals surface area (Å²) in [5, 5.41) is 6.64. The van der Waals surface area contributed by atoms with Gasteiger partial charge in [0.2, 0.25) is 0 Å². The van der Waals surface area contributed by atoms with Gasteiger partial charge in [0.1, 0.15) is 0 Å². The van der Waals surface area contributed by atoms with E-state index in [4.69, 9.17) is 9.47 Å². The molecule has 0 unspecified atom stereocenters. The van der Waals surface area contributed by atoms with Crippen LogP contribution in [0.15, 0.2) is 4.99 Å². The summed E-state index contributed by atoms with van der Waals surface area (Å²) in [5.74, 6) is 0.860. The monoisotopic (exact) mass is 470 g/mol. The predicted octanol–water partition coefficient (Wildman–Crippen LogP) is 2.48. The zero-order valence-corrected chi connectivity index (χ0v) is 18.6. The molecule has 7 heteroatoms. The normalized spacial score (nSPS) is 15.2. The molecule has 0 saturated carbocycles. The summed E-state index contributed by atoms with van der Waals surface area (Å²) in [5.41, 5.74) is 0. The first-order valence-electron chi connectivity index (χ1n) is 9.69. The van der Waals surface area contributed by atoms with Gasteiger partial charge in [-0.1, -0.05) is 13.3 Å². The second-order valence-electron chi connectivity index (χ2n) is 6.26. The van der Waals surface area contributed by atoms with E-state index in [1.165, 1.54) is 51.7 Å². The SMILES string of the molecule is CCCCOCCOCCNC(=NC)NCCCCN1CCCC1.I. The highest BCUT2D eigenvalue weighted by Gasteiger charge is 2.09. The lowest BCUT2D eigenvalue weighted by molar-refractivity contribution is 0.0487. The first-order valence-corrected chi connectivity index (χ1v) is 9.69. The van der Waals surface area contributed by atoms with Gasteiger partial charge >= 0.3 is 0 Å². The van der Waals surface area contributed by atoms with Gasteiger partial charge in [0, 0.05) is 26.7 Å². The number of nitrogens with one attached hydrogen (secondary N) is 2. The zero-order valence-electron chi connectivity index (χ0n) is 16.2. The molecule has 0 radical (unpaired) electrons. The lowest BCUT2D eigenvalue weighted by atomic mass is 10.3. The van der Waals surface area contributed by atoms with Crippen LogP contribution in [0.2, 0.25) is 0 Å². The molecule has 1 fully saturated rings. The summed E-state index contributed by atoms with van der Waals surface area (Å²) in [6.07, 6.45) is 7.49. The molecule has 0 aromatic heterocycles. The van der Waals surface area contributed by atoms with E-state index in [9.17, 15) is 0 Å². The fourth-order valence-corrected chi connectivity index (χ4v) is 2.70. The second kappa shape index (κ2) is 18.7. The van der Waals surface area contributed by atoms with Crippen LogP contribution in [0.1, 0.15) is 45.4 Å². The van der Waals surface area contributed by atoms with Crippen LogP contribution >= 0.6 is 24.0 Å². The van der Waals surface area contributed by atoms with Crippen molar-refractivity contribution in [2.75, 3.05) is 66.2 Å². The number of aliphatic imine (C=N–C) groups is 1. The molecule has 150 valence electrons. The minimum atomic E-state index is 0. The Morgan fingerprint density at radius 1 is 0.920 bits per heavy atom. The number of guanidine groups is 1. The molecule has 6 nitrogen and oxygen atoms in total. The molecule has 1 aliphatic heterocycles. The molecular weight excluding hydrogens is 431 g/mol. The maximum Gasteiger partial charge on any atom is 0.191 e. The van der Waals surface area contributed by atoms with E-state index >= 15 is 0 Å². The Hall–Kier alpha value is -0.120. The smallest absolute Gasteiger partial charge is 0.191 e. The van der Waals surface area contributed by atoms with Crippen molar-refractivity contribution in [1.82, 2.24) is 15.5 Å². The molecule has 25 heavy (non-hydrogen) atoms. The number of likely N-dealkylation sites (tertiary alicyclic amines) is 1. The fourth-order valence-electron chi connectivity index (χ4n) is 2.70. The number of hydrogen-bond donors (Lipinski definition) is 2. The molecule has 1 heterocycles. The Bertz CT molecular complexity index is 313. The van der Waals surface area contributed by atoms with E-state index in [-0.39, 0.29) is 24.0 Å². The van der Waals surface area contributed by atoms with Gasteiger partial charge in [0.25, 0.3) is 0 Å². The van der Waals surface area contributed by atoms with E-state index in [1.807, 2.05) is 7.05 Å². The third kappa shape index (κ3) is 14.7. The van der Waals surface area contributed by atoms with Gasteiger partial charge in [-0.25, -0.2) is 0 Å². The van der Waals surface area contributed by atoms with Crippen LogP contribution in [-0.2, 0) is 9.47 Å². The minimum absolute atomic E-state index is 0. The van der Waals surface area contributed by atoms with Crippen LogP contribution in [0.5, 0.6) is 0 Å². The zero-order chi connectivity index (χ0) is 17.3. The van der Waals surface area contributed by atoms with Gasteiger partial charge in [-0.3, -0.25) is 4.99 Å². The topological polar surface area (TPSA) is 58.1 Å². The number of hydrogen-bond acceptors (Lipinski definition) is 4. The van der Waals surface area contributed by atoms with Crippen LogP contribution in [0.25, 0.3) is 0 Å². The van der Waals surface area contributed by atoms with Crippen LogP contribution < -0.4 is 10.6 Å². The van der Waals surface area contributed by atoms with Crippen molar-refractivity contribution in [2.24, 2.45) is 4.99 Å². The molecule has 1 saturated heterocycles. The lowest BCUT2D eigenvalue weighted by Crippen LogP contribution is -2.39. The van der Waals surface area contributed by atoms with Gasteiger partial charge in [-0.05, 0) is 51.7 Å². The standard InChI is InChI=1S/C18H38N4O2.HI/c1-3-4-14-23-16-17-24-15-10-21-18(19-2)20-9-5-6-11-22-12-7-8-13-22;/h3-17H2,1-2H3,(H2,19,20,21);1H. The molecule has 0 atom stereocenters. The number of rotatable bonds is 14. The van der Waals surface area contributed by atoms with Crippen molar-refractivity contribution in [3.63, 3.8) is 0 Å². The van der Waals surface area contributed by atoms with Gasteiger partial charge in [-0.15, -0.1) is 24.0 Å². The average molecular weight is 470 g/mol. The highest BCUT2D eigenvalue weighted by Crippen LogP contribution is 2.07. The molecule has 1 rings (SSSR count). The maximum absolute atomic E-state index is 5.53. The van der Waals surface area contributed by atoms with Gasteiger partial charge in [-0.2, -0.15) is 0 Å². The predicted molar refractivity (Wildman–Crippen MR) is 116 cm³/mol. The van der Waals surface area contributed by atoms with E-state index in [2.05, 4.69) is 27.4 Å². The van der Waals surface area contributed by atoms with Crippen molar-refractivity contribution >= 4 is 29.9 Å². The molecule has 0 spiro atoms. The number of nitrogens with zero attached hydrogens (tertiary/aromatic N) is 2. The summed E-state index contributed by atoms with van der Waals surface area (Å²) >= 11 is 0. The van der Waals surface area contributed by atoms with E-state index in [0.29, 0.717) is 19.8 Å². The third-order valence-corrected chi connectivity index (χ3v) is 4.17. The molecule has 0 amide bonds. The van der Waals surface area contributed by atoms with Crippen molar-refractivity contribution in [1.29, 1.82) is 0 Å². The number of unbranched alkanes of at least 4 members (excludes halogenated alkanes) is 2. The van der Waals surface area contributed by atoms with Crippen molar-refractivity contribution < 1.29 is 9.47 Å². The number of ether oxygens (including phenoxy) is 2. The van der Waals surface area contributed by atoms with E-state index in [1.54, 1.807) is 0 Å². The molecule has 0 bridgehead atoms. The summed E-state index contributed by atoms with van der Waals surface area (Å²) in [6.45, 7) is 10.6. The summed E-state index contributed by atoms with van der Waals surface area (Å²) in [4.78, 5) is 6.80. The van der Waals surface area contributed by atoms with Crippen molar-refractivity contribution in [3.8, 4) is 0 Å². The van der Waals surface area contributed by atoms with Crippen LogP contribution in [0.4, 0.5) is 0 Å². The summed E-state index contributed by atoms with van der Waals surface area (Å²) < 4.78 is 11.0. The quantitative estimate of drug-likeness (QED) is 0.177.